The highest BCUT2D eigenvalue weighted by Gasteiger charge is 2.31. The van der Waals surface area contributed by atoms with Crippen LogP contribution in [0.3, 0.4) is 0 Å². The highest BCUT2D eigenvalue weighted by molar-refractivity contribution is 7.15. The molecule has 0 saturated carbocycles. The van der Waals surface area contributed by atoms with Crippen LogP contribution in [-0.2, 0) is 11.2 Å². The van der Waals surface area contributed by atoms with E-state index in [0.717, 1.165) is 46.5 Å². The topological polar surface area (TPSA) is 71.0 Å². The van der Waals surface area contributed by atoms with E-state index in [2.05, 4.69) is 20.3 Å². The van der Waals surface area contributed by atoms with Crippen LogP contribution < -0.4 is 5.32 Å². The van der Waals surface area contributed by atoms with Crippen molar-refractivity contribution in [3.63, 3.8) is 0 Å². The number of hydrogen-bond acceptors (Lipinski definition) is 6. The van der Waals surface area contributed by atoms with Gasteiger partial charge in [-0.25, -0.2) is 15.0 Å². The third-order valence-electron chi connectivity index (χ3n) is 4.83. The van der Waals surface area contributed by atoms with E-state index in [0.29, 0.717) is 12.2 Å². The van der Waals surface area contributed by atoms with Crippen LogP contribution in [0, 0.1) is 13.8 Å². The zero-order chi connectivity index (χ0) is 19.5. The summed E-state index contributed by atoms with van der Waals surface area (Å²) in [6.07, 6.45) is 4.17. The molecule has 1 aromatic carbocycles. The molecule has 0 spiro atoms. The average molecular weight is 394 g/mol. The maximum absolute atomic E-state index is 12.9. The average Bonchev–Trinajstić information content (AvgIpc) is 3.31. The maximum atomic E-state index is 12.9. The molecule has 1 aliphatic heterocycles. The van der Waals surface area contributed by atoms with Crippen molar-refractivity contribution in [2.75, 3.05) is 11.9 Å². The number of aryl methyl sites for hydroxylation is 2. The summed E-state index contributed by atoms with van der Waals surface area (Å²) in [6, 6.07) is 11.8. The lowest BCUT2D eigenvalue weighted by molar-refractivity contribution is -0.131. The van der Waals surface area contributed by atoms with E-state index < -0.39 is 0 Å². The predicted molar refractivity (Wildman–Crippen MR) is 111 cm³/mol. The van der Waals surface area contributed by atoms with Crippen LogP contribution in [-0.4, -0.2) is 32.3 Å². The Morgan fingerprint density at radius 2 is 2.07 bits per heavy atom. The van der Waals surface area contributed by atoms with Crippen LogP contribution in [0.2, 0.25) is 0 Å². The van der Waals surface area contributed by atoms with Gasteiger partial charge in [-0.3, -0.25) is 4.79 Å². The first-order valence-corrected chi connectivity index (χ1v) is 10.3. The van der Waals surface area contributed by atoms with Gasteiger partial charge in [0.25, 0.3) is 0 Å². The number of aromatic nitrogens is 3. The van der Waals surface area contributed by atoms with Gasteiger partial charge in [0, 0.05) is 23.7 Å². The Hall–Kier alpha value is -2.80. The minimum Gasteiger partial charge on any atom is -0.334 e. The van der Waals surface area contributed by atoms with Crippen molar-refractivity contribution in [1.29, 1.82) is 0 Å². The lowest BCUT2D eigenvalue weighted by Crippen LogP contribution is -2.32. The van der Waals surface area contributed by atoms with E-state index in [4.69, 9.17) is 0 Å². The summed E-state index contributed by atoms with van der Waals surface area (Å²) in [5.41, 5.74) is 1.93. The lowest BCUT2D eigenvalue weighted by Gasteiger charge is -2.25. The molecule has 1 N–H and O–H groups in total. The smallest absolute Gasteiger partial charge is 0.227 e. The second-order valence-corrected chi connectivity index (χ2v) is 8.27. The number of thiazole rings is 1. The molecule has 3 aromatic rings. The molecule has 0 radical (unpaired) electrons. The van der Waals surface area contributed by atoms with Crippen molar-refractivity contribution in [3.05, 3.63) is 64.6 Å². The lowest BCUT2D eigenvalue weighted by atomic mass is 10.1. The fraction of sp³-hybridized carbons (Fsp3) is 0.333. The van der Waals surface area contributed by atoms with Crippen LogP contribution in [0.1, 0.15) is 40.8 Å². The number of anilines is 2. The molecular weight excluding hydrogens is 370 g/mol. The first-order chi connectivity index (χ1) is 13.6. The molecule has 7 heteroatoms. The van der Waals surface area contributed by atoms with Gasteiger partial charge in [0.2, 0.25) is 5.91 Å². The second kappa shape index (κ2) is 8.06. The van der Waals surface area contributed by atoms with Gasteiger partial charge in [-0.1, -0.05) is 30.3 Å². The van der Waals surface area contributed by atoms with Crippen molar-refractivity contribution in [1.82, 2.24) is 19.9 Å². The standard InChI is InChI=1S/C21H23N5OS/c1-14-13-22-21(28-14)25-19-12-17(23-15(2)24-19)18-9-6-10-26(18)20(27)11-16-7-4-3-5-8-16/h3-5,7-8,12-13,18H,6,9-11H2,1-2H3,(H,22,23,24,25)/t18-/m0/s1. The molecule has 6 nitrogen and oxygen atoms in total. The fourth-order valence-corrected chi connectivity index (χ4v) is 4.26. The summed E-state index contributed by atoms with van der Waals surface area (Å²) in [6.45, 7) is 4.68. The number of nitrogens with zero attached hydrogens (tertiary/aromatic N) is 4. The fourth-order valence-electron chi connectivity index (χ4n) is 3.59. The molecule has 28 heavy (non-hydrogen) atoms. The summed E-state index contributed by atoms with van der Waals surface area (Å²) in [5, 5.41) is 4.08. The zero-order valence-corrected chi connectivity index (χ0v) is 16.9. The van der Waals surface area contributed by atoms with Gasteiger partial charge in [-0.05, 0) is 32.3 Å². The quantitative estimate of drug-likeness (QED) is 0.703. The summed E-state index contributed by atoms with van der Waals surface area (Å²) >= 11 is 1.59. The van der Waals surface area contributed by atoms with Crippen molar-refractivity contribution < 1.29 is 4.79 Å². The highest BCUT2D eigenvalue weighted by atomic mass is 32.1. The number of hydrogen-bond donors (Lipinski definition) is 1. The van der Waals surface area contributed by atoms with Gasteiger partial charge < -0.3 is 10.2 Å². The molecule has 1 amide bonds. The van der Waals surface area contributed by atoms with Crippen LogP contribution in [0.4, 0.5) is 10.9 Å². The molecule has 4 rings (SSSR count). The molecular formula is C21H23N5OS. The van der Waals surface area contributed by atoms with Gasteiger partial charge in [0.15, 0.2) is 5.13 Å². The molecule has 1 atom stereocenters. The Balaban J connectivity index is 1.54. The molecule has 0 bridgehead atoms. The number of benzene rings is 1. The highest BCUT2D eigenvalue weighted by Crippen LogP contribution is 2.33. The molecule has 0 aliphatic carbocycles. The molecule has 1 aliphatic rings. The summed E-state index contributed by atoms with van der Waals surface area (Å²) in [4.78, 5) is 29.5. The van der Waals surface area contributed by atoms with Gasteiger partial charge >= 0.3 is 0 Å². The maximum Gasteiger partial charge on any atom is 0.227 e. The number of rotatable bonds is 5. The zero-order valence-electron chi connectivity index (χ0n) is 16.1. The predicted octanol–water partition coefficient (Wildman–Crippen LogP) is 4.20. The Labute approximate surface area is 168 Å². The van der Waals surface area contributed by atoms with Crippen LogP contribution in [0.15, 0.2) is 42.6 Å². The Morgan fingerprint density at radius 3 is 2.82 bits per heavy atom. The minimum atomic E-state index is -0.00325. The minimum absolute atomic E-state index is 0.00325. The summed E-state index contributed by atoms with van der Waals surface area (Å²) in [7, 11) is 0. The Bertz CT molecular complexity index is 972. The van der Waals surface area contributed by atoms with E-state index in [1.807, 2.05) is 61.3 Å². The molecule has 0 unspecified atom stereocenters. The molecule has 2 aromatic heterocycles. The van der Waals surface area contributed by atoms with E-state index in [1.165, 1.54) is 0 Å². The van der Waals surface area contributed by atoms with Gasteiger partial charge in [-0.2, -0.15) is 0 Å². The van der Waals surface area contributed by atoms with Crippen LogP contribution in [0.5, 0.6) is 0 Å². The normalized spacial score (nSPS) is 16.4. The second-order valence-electron chi connectivity index (χ2n) is 7.03. The SMILES string of the molecule is Cc1nc(Nc2ncc(C)s2)cc([C@@H]2CCCN2C(=O)Cc2ccccc2)n1. The van der Waals surface area contributed by atoms with Crippen molar-refractivity contribution >= 4 is 28.2 Å². The van der Waals surface area contributed by atoms with Crippen LogP contribution >= 0.6 is 11.3 Å². The van der Waals surface area contributed by atoms with Crippen molar-refractivity contribution in [2.45, 2.75) is 39.2 Å². The molecule has 1 fully saturated rings. The monoisotopic (exact) mass is 393 g/mol. The van der Waals surface area contributed by atoms with E-state index in [1.54, 1.807) is 11.3 Å². The largest absolute Gasteiger partial charge is 0.334 e. The number of carbonyl (C=O) groups excluding carboxylic acids is 1. The Morgan fingerprint density at radius 1 is 1.25 bits per heavy atom. The van der Waals surface area contributed by atoms with Crippen LogP contribution in [0.25, 0.3) is 0 Å². The van der Waals surface area contributed by atoms with E-state index in [9.17, 15) is 4.79 Å². The molecule has 144 valence electrons. The third kappa shape index (κ3) is 4.20. The molecule has 3 heterocycles. The number of carbonyl (C=O) groups is 1. The van der Waals surface area contributed by atoms with E-state index in [-0.39, 0.29) is 11.9 Å². The number of nitrogens with one attached hydrogen (secondary N) is 1. The van der Waals surface area contributed by atoms with Crippen molar-refractivity contribution in [3.8, 4) is 0 Å². The van der Waals surface area contributed by atoms with E-state index >= 15 is 0 Å². The summed E-state index contributed by atoms with van der Waals surface area (Å²) in [5.74, 6) is 1.56. The third-order valence-corrected chi connectivity index (χ3v) is 5.65. The van der Waals surface area contributed by atoms with Gasteiger partial charge in [0.05, 0.1) is 18.2 Å². The number of likely N-dealkylation sites (tertiary alicyclic amines) is 1. The number of amides is 1. The first kappa shape index (κ1) is 18.6. The Kier molecular flexibility index (Phi) is 5.34. The summed E-state index contributed by atoms with van der Waals surface area (Å²) < 4.78 is 0. The molecule has 1 saturated heterocycles. The van der Waals surface area contributed by atoms with Gasteiger partial charge in [-0.15, -0.1) is 11.3 Å². The van der Waals surface area contributed by atoms with Gasteiger partial charge in [0.1, 0.15) is 11.6 Å². The van der Waals surface area contributed by atoms with Crippen molar-refractivity contribution in [2.24, 2.45) is 0 Å². The first-order valence-electron chi connectivity index (χ1n) is 9.47.